The summed E-state index contributed by atoms with van der Waals surface area (Å²) >= 11 is 0. The zero-order valence-corrected chi connectivity index (χ0v) is 26.6. The summed E-state index contributed by atoms with van der Waals surface area (Å²) in [6.07, 6.45) is -2.86. The van der Waals surface area contributed by atoms with Gasteiger partial charge >= 0.3 is 12.3 Å². The number of hydrogen-bond donors (Lipinski definition) is 2. The average molecular weight is 651 g/mol. The van der Waals surface area contributed by atoms with Crippen molar-refractivity contribution in [1.82, 2.24) is 14.5 Å². The van der Waals surface area contributed by atoms with Crippen LogP contribution in [0.1, 0.15) is 70.0 Å². The first-order valence-corrected chi connectivity index (χ1v) is 16.9. The van der Waals surface area contributed by atoms with Gasteiger partial charge in [0.1, 0.15) is 11.6 Å². The van der Waals surface area contributed by atoms with Crippen LogP contribution in [0.15, 0.2) is 53.4 Å². The van der Waals surface area contributed by atoms with E-state index in [4.69, 9.17) is 4.74 Å². The minimum absolute atomic E-state index is 0.00616. The summed E-state index contributed by atoms with van der Waals surface area (Å²) in [5.41, 5.74) is 1.12. The smallest absolute Gasteiger partial charge is 0.410 e. The molecule has 2 aliphatic heterocycles. The van der Waals surface area contributed by atoms with Crippen molar-refractivity contribution in [2.45, 2.75) is 94.1 Å². The number of amides is 2. The van der Waals surface area contributed by atoms with Crippen molar-refractivity contribution >= 4 is 27.7 Å². The highest BCUT2D eigenvalue weighted by molar-refractivity contribution is 7.89. The molecule has 45 heavy (non-hydrogen) atoms. The number of carbonyl (C=O) groups excluding carboxylic acids is 2. The van der Waals surface area contributed by atoms with Gasteiger partial charge in [-0.15, -0.1) is 0 Å². The lowest BCUT2D eigenvalue weighted by Crippen LogP contribution is -2.54. The Balaban J connectivity index is 1.20. The topological polar surface area (TPSA) is 108 Å². The monoisotopic (exact) mass is 650 g/mol. The molecule has 2 N–H and O–H groups in total. The molecule has 2 aromatic rings. The Hall–Kier alpha value is -3.32. The molecular formula is C32H41F3N4O5S. The molecule has 1 aliphatic carbocycles. The van der Waals surface area contributed by atoms with Gasteiger partial charge in [0, 0.05) is 37.3 Å². The second-order valence-electron chi connectivity index (χ2n) is 13.2. The molecule has 2 amide bonds. The maximum atomic E-state index is 13.9. The van der Waals surface area contributed by atoms with Gasteiger partial charge < -0.3 is 19.9 Å². The van der Waals surface area contributed by atoms with Gasteiger partial charge in [-0.25, -0.2) is 17.9 Å². The molecule has 13 heteroatoms. The van der Waals surface area contributed by atoms with Crippen molar-refractivity contribution in [2.75, 3.05) is 25.0 Å². The number of sulfonamides is 1. The fourth-order valence-electron chi connectivity index (χ4n) is 6.37. The van der Waals surface area contributed by atoms with Crippen LogP contribution in [-0.4, -0.2) is 73.7 Å². The largest absolute Gasteiger partial charge is 0.444 e. The van der Waals surface area contributed by atoms with Crippen molar-refractivity contribution in [3.8, 4) is 0 Å². The van der Waals surface area contributed by atoms with Crippen LogP contribution in [0.2, 0.25) is 0 Å². The van der Waals surface area contributed by atoms with E-state index in [2.05, 4.69) is 10.0 Å². The predicted octanol–water partition coefficient (Wildman–Crippen LogP) is 5.63. The van der Waals surface area contributed by atoms with Crippen LogP contribution >= 0.6 is 0 Å². The van der Waals surface area contributed by atoms with Gasteiger partial charge in [0.2, 0.25) is 15.9 Å². The minimum Gasteiger partial charge on any atom is -0.444 e. The molecule has 5 rings (SSSR count). The number of halogens is 3. The first kappa shape index (κ1) is 33.1. The number of benzene rings is 2. The van der Waals surface area contributed by atoms with Gasteiger partial charge in [-0.05, 0) is 88.6 Å². The van der Waals surface area contributed by atoms with Gasteiger partial charge in [-0.1, -0.05) is 30.3 Å². The maximum absolute atomic E-state index is 13.9. The molecule has 2 aromatic carbocycles. The van der Waals surface area contributed by atoms with Crippen molar-refractivity contribution in [3.05, 3.63) is 59.7 Å². The first-order valence-electron chi connectivity index (χ1n) is 15.4. The minimum atomic E-state index is -4.37. The number of anilines is 1. The van der Waals surface area contributed by atoms with Crippen molar-refractivity contribution in [3.63, 3.8) is 0 Å². The van der Waals surface area contributed by atoms with Crippen molar-refractivity contribution in [1.29, 1.82) is 0 Å². The lowest BCUT2D eigenvalue weighted by molar-refractivity contribution is -0.144. The number of aryl methyl sites for hydroxylation is 1. The van der Waals surface area contributed by atoms with Crippen molar-refractivity contribution < 1.29 is 35.9 Å². The molecule has 3 aliphatic rings. The summed E-state index contributed by atoms with van der Waals surface area (Å²) < 4.78 is 74.1. The zero-order chi connectivity index (χ0) is 32.6. The van der Waals surface area contributed by atoms with E-state index >= 15 is 0 Å². The average Bonchev–Trinajstić information content (AvgIpc) is 2.99. The lowest BCUT2D eigenvalue weighted by Gasteiger charge is -2.43. The van der Waals surface area contributed by atoms with Crippen LogP contribution < -0.4 is 10.0 Å². The molecule has 1 saturated carbocycles. The second-order valence-corrected chi connectivity index (χ2v) is 14.9. The Morgan fingerprint density at radius 2 is 1.64 bits per heavy atom. The normalized spacial score (nSPS) is 24.4. The number of alkyl halides is 3. The number of nitrogens with one attached hydrogen (secondary N) is 2. The highest BCUT2D eigenvalue weighted by atomic mass is 32.2. The van der Waals surface area contributed by atoms with E-state index in [9.17, 15) is 31.2 Å². The molecule has 2 unspecified atom stereocenters. The maximum Gasteiger partial charge on any atom is 0.410 e. The number of hydrogen-bond acceptors (Lipinski definition) is 6. The quantitative estimate of drug-likeness (QED) is 0.434. The highest BCUT2D eigenvalue weighted by Gasteiger charge is 2.42. The van der Waals surface area contributed by atoms with E-state index in [-0.39, 0.29) is 41.6 Å². The number of rotatable bonds is 5. The van der Waals surface area contributed by atoms with E-state index in [0.29, 0.717) is 56.6 Å². The van der Waals surface area contributed by atoms with Crippen LogP contribution in [0.5, 0.6) is 0 Å². The van der Waals surface area contributed by atoms with Crippen LogP contribution in [0, 0.1) is 5.92 Å². The van der Waals surface area contributed by atoms with Crippen LogP contribution in [-0.2, 0) is 26.0 Å². The summed E-state index contributed by atoms with van der Waals surface area (Å²) in [7, 11) is -3.91. The Bertz CT molecular complexity index is 1490. The summed E-state index contributed by atoms with van der Waals surface area (Å²) in [6.45, 7) is 6.47. The van der Waals surface area contributed by atoms with E-state index in [1.807, 2.05) is 56.0 Å². The summed E-state index contributed by atoms with van der Waals surface area (Å²) in [5, 5.41) is 2.47. The molecule has 0 spiro atoms. The number of carbonyl (C=O) groups is 2. The SMILES string of the molecule is CC(C)(C)OC(=O)N1CCN(C(=O)C2CCC(NS(=O)(=O)c3ccc4c(c3)CCC(C(F)(F)F)N4)CC2)C(c2ccccc2)C1. The zero-order valence-electron chi connectivity index (χ0n) is 25.8. The standard InChI is InChI=1S/C32H41F3N4O5S/c1-31(2,3)44-30(41)38-17-18-39(27(20-38)21-7-5-4-6-8-21)29(40)22-9-12-24(13-10-22)37-45(42,43)25-14-15-26-23(19-25)11-16-28(36-26)32(33,34)35/h4-8,14-15,19,22,24,27-28,36-37H,9-13,16-18,20H2,1-3H3. The number of piperazine rings is 1. The van der Waals surface area contributed by atoms with Crippen LogP contribution in [0.3, 0.4) is 0 Å². The third kappa shape index (κ3) is 7.92. The Labute approximate surface area is 262 Å². The molecule has 2 fully saturated rings. The van der Waals surface area contributed by atoms with Crippen molar-refractivity contribution in [2.24, 2.45) is 5.92 Å². The molecule has 2 heterocycles. The summed E-state index contributed by atoms with van der Waals surface area (Å²) in [5.74, 6) is -0.283. The first-order chi connectivity index (χ1) is 21.1. The van der Waals surface area contributed by atoms with E-state index in [1.165, 1.54) is 18.2 Å². The lowest BCUT2D eigenvalue weighted by atomic mass is 9.85. The molecule has 0 bridgehead atoms. The highest BCUT2D eigenvalue weighted by Crippen LogP contribution is 2.35. The second kappa shape index (κ2) is 12.8. The summed E-state index contributed by atoms with van der Waals surface area (Å²) in [4.78, 5) is 30.2. The Morgan fingerprint density at radius 1 is 0.956 bits per heavy atom. The molecule has 9 nitrogen and oxygen atoms in total. The van der Waals surface area contributed by atoms with Gasteiger partial charge in [0.25, 0.3) is 0 Å². The third-order valence-corrected chi connectivity index (χ3v) is 10.2. The number of ether oxygens (including phenoxy) is 1. The molecule has 1 saturated heterocycles. The predicted molar refractivity (Wildman–Crippen MR) is 163 cm³/mol. The number of fused-ring (bicyclic) bond motifs is 1. The molecule has 0 radical (unpaired) electrons. The van der Waals surface area contributed by atoms with Gasteiger partial charge in [0.05, 0.1) is 10.9 Å². The van der Waals surface area contributed by atoms with E-state index < -0.39 is 33.9 Å². The molecule has 2 atom stereocenters. The van der Waals surface area contributed by atoms with Crippen LogP contribution in [0.4, 0.5) is 23.7 Å². The van der Waals surface area contributed by atoms with Gasteiger partial charge in [-0.3, -0.25) is 4.79 Å². The van der Waals surface area contributed by atoms with Crippen LogP contribution in [0.25, 0.3) is 0 Å². The third-order valence-electron chi connectivity index (χ3n) is 8.71. The molecule has 246 valence electrons. The molecule has 0 aromatic heterocycles. The Morgan fingerprint density at radius 3 is 2.29 bits per heavy atom. The van der Waals surface area contributed by atoms with E-state index in [1.54, 1.807) is 4.90 Å². The van der Waals surface area contributed by atoms with E-state index in [0.717, 1.165) is 5.56 Å². The molecular weight excluding hydrogens is 609 g/mol. The Kier molecular flexibility index (Phi) is 9.42. The number of nitrogens with zero attached hydrogens (tertiary/aromatic N) is 2. The summed E-state index contributed by atoms with van der Waals surface area (Å²) in [6, 6.07) is 11.4. The fourth-order valence-corrected chi connectivity index (χ4v) is 7.73. The van der Waals surface area contributed by atoms with Gasteiger partial charge in [0.15, 0.2) is 0 Å². The van der Waals surface area contributed by atoms with Gasteiger partial charge in [-0.2, -0.15) is 13.2 Å². The fraction of sp³-hybridized carbons (Fsp3) is 0.562.